The third-order valence-electron chi connectivity index (χ3n) is 6.54. The summed E-state index contributed by atoms with van der Waals surface area (Å²) in [6.07, 6.45) is -1.77. The van der Waals surface area contributed by atoms with Crippen LogP contribution in [0.1, 0.15) is 11.1 Å². The third kappa shape index (κ3) is 4.86. The molecule has 186 valence electrons. The van der Waals surface area contributed by atoms with Crippen LogP contribution in [-0.4, -0.2) is 69.5 Å². The third-order valence-corrected chi connectivity index (χ3v) is 6.54. The van der Waals surface area contributed by atoms with Gasteiger partial charge in [-0.05, 0) is 36.1 Å². The molecule has 2 aliphatic rings. The van der Waals surface area contributed by atoms with Crippen molar-refractivity contribution in [1.82, 2.24) is 4.98 Å². The van der Waals surface area contributed by atoms with Crippen LogP contribution in [0.5, 0.6) is 5.75 Å². The van der Waals surface area contributed by atoms with Crippen LogP contribution < -0.4 is 4.74 Å². The minimum absolute atomic E-state index is 0.00630. The first-order valence-corrected chi connectivity index (χ1v) is 11.6. The Morgan fingerprint density at radius 1 is 1.00 bits per heavy atom. The molecule has 6 atom stereocenters. The smallest absolute Gasteiger partial charge is 0.229 e. The van der Waals surface area contributed by atoms with Crippen LogP contribution in [0.4, 0.5) is 0 Å². The van der Waals surface area contributed by atoms with Crippen LogP contribution >= 0.6 is 0 Å². The van der Waals surface area contributed by atoms with E-state index >= 15 is 0 Å². The van der Waals surface area contributed by atoms with E-state index in [1.165, 1.54) is 5.56 Å². The van der Waals surface area contributed by atoms with E-state index in [1.807, 2.05) is 30.5 Å². The lowest BCUT2D eigenvalue weighted by molar-refractivity contribution is -0.281. The van der Waals surface area contributed by atoms with Gasteiger partial charge in [0.15, 0.2) is 12.4 Å². The maximum Gasteiger partial charge on any atom is 0.229 e. The van der Waals surface area contributed by atoms with Crippen molar-refractivity contribution in [2.75, 3.05) is 13.4 Å². The van der Waals surface area contributed by atoms with E-state index in [1.54, 1.807) is 18.4 Å². The average molecular weight is 484 g/mol. The summed E-state index contributed by atoms with van der Waals surface area (Å²) in [6.45, 7) is -0.334. The molecule has 1 saturated heterocycles. The van der Waals surface area contributed by atoms with E-state index in [0.717, 1.165) is 28.6 Å². The first kappa shape index (κ1) is 23.7. The molecule has 9 nitrogen and oxygen atoms in total. The highest BCUT2D eigenvalue weighted by atomic mass is 16.7. The molecule has 2 aliphatic heterocycles. The van der Waals surface area contributed by atoms with Crippen molar-refractivity contribution in [3.63, 3.8) is 0 Å². The zero-order chi connectivity index (χ0) is 24.4. The molecule has 0 spiro atoms. The maximum absolute atomic E-state index is 10.6. The van der Waals surface area contributed by atoms with E-state index in [-0.39, 0.29) is 12.7 Å². The quantitative estimate of drug-likeness (QED) is 0.326. The fourth-order valence-electron chi connectivity index (χ4n) is 4.74. The summed E-state index contributed by atoms with van der Waals surface area (Å²) in [5.74, 6) is 1.21. The summed E-state index contributed by atoms with van der Waals surface area (Å²) in [5, 5.41) is 41.4. The van der Waals surface area contributed by atoms with Crippen LogP contribution in [-0.2, 0) is 27.1 Å². The molecule has 1 aromatic heterocycles. The van der Waals surface area contributed by atoms with Gasteiger partial charge >= 0.3 is 0 Å². The summed E-state index contributed by atoms with van der Waals surface area (Å²) in [4.78, 5) is 3.27. The molecule has 9 heteroatoms. The maximum atomic E-state index is 10.6. The lowest BCUT2D eigenvalue weighted by Gasteiger charge is -2.40. The first-order chi connectivity index (χ1) is 17.0. The predicted molar refractivity (Wildman–Crippen MR) is 125 cm³/mol. The summed E-state index contributed by atoms with van der Waals surface area (Å²) < 4.78 is 22.2. The SMILES string of the molecule is OC[C@H]1O[C@H](O)[C@H](O)[C@H](Oc2cccc3[nH]cc(CC(Cc4ccccc4)C4=COCO4)c23)[C@@H]1O. The second kappa shape index (κ2) is 10.3. The number of allylic oxidation sites excluding steroid dienone is 1. The van der Waals surface area contributed by atoms with Gasteiger partial charge in [0, 0.05) is 23.0 Å². The average Bonchev–Trinajstić information content (AvgIpc) is 3.55. The van der Waals surface area contributed by atoms with E-state index in [4.69, 9.17) is 18.9 Å². The molecule has 5 N–H and O–H groups in total. The molecule has 0 saturated carbocycles. The summed E-state index contributed by atoms with van der Waals surface area (Å²) in [7, 11) is 0. The Hall–Kier alpha value is -3.08. The second-order valence-corrected chi connectivity index (χ2v) is 8.84. The largest absolute Gasteiger partial charge is 0.484 e. The van der Waals surface area contributed by atoms with Gasteiger partial charge in [0.25, 0.3) is 0 Å². The number of hydrogen-bond donors (Lipinski definition) is 5. The molecule has 0 amide bonds. The van der Waals surface area contributed by atoms with Crippen molar-refractivity contribution < 1.29 is 39.4 Å². The van der Waals surface area contributed by atoms with Gasteiger partial charge in [-0.3, -0.25) is 0 Å². The molecule has 0 aliphatic carbocycles. The summed E-state index contributed by atoms with van der Waals surface area (Å²) in [6, 6.07) is 15.6. The van der Waals surface area contributed by atoms with Gasteiger partial charge < -0.3 is 44.4 Å². The highest BCUT2D eigenvalue weighted by Gasteiger charge is 2.45. The highest BCUT2D eigenvalue weighted by Crippen LogP contribution is 2.35. The molecule has 2 aromatic carbocycles. The number of aliphatic hydroxyl groups excluding tert-OH is 4. The van der Waals surface area contributed by atoms with Crippen molar-refractivity contribution >= 4 is 10.9 Å². The van der Waals surface area contributed by atoms with Crippen LogP contribution in [0.25, 0.3) is 10.9 Å². The van der Waals surface area contributed by atoms with Gasteiger partial charge in [-0.1, -0.05) is 36.4 Å². The zero-order valence-electron chi connectivity index (χ0n) is 19.0. The number of hydrogen-bond acceptors (Lipinski definition) is 8. The molecule has 0 bridgehead atoms. The van der Waals surface area contributed by atoms with Crippen molar-refractivity contribution in [3.05, 3.63) is 77.9 Å². The number of aliphatic hydroxyl groups is 4. The number of ether oxygens (including phenoxy) is 4. The van der Waals surface area contributed by atoms with Gasteiger partial charge in [-0.25, -0.2) is 0 Å². The molecule has 35 heavy (non-hydrogen) atoms. The number of benzene rings is 2. The predicted octanol–water partition coefficient (Wildman–Crippen LogP) is 1.59. The number of fused-ring (bicyclic) bond motifs is 1. The lowest BCUT2D eigenvalue weighted by atomic mass is 9.90. The number of H-pyrrole nitrogens is 1. The number of aromatic amines is 1. The minimum Gasteiger partial charge on any atom is -0.484 e. The Balaban J connectivity index is 1.45. The van der Waals surface area contributed by atoms with Crippen LogP contribution in [0.15, 0.2) is 66.7 Å². The van der Waals surface area contributed by atoms with Gasteiger partial charge in [-0.2, -0.15) is 0 Å². The molecule has 1 fully saturated rings. The molecule has 0 radical (unpaired) electrons. The Bertz CT molecular complexity index is 1160. The van der Waals surface area contributed by atoms with Gasteiger partial charge in [-0.15, -0.1) is 0 Å². The second-order valence-electron chi connectivity index (χ2n) is 8.84. The van der Waals surface area contributed by atoms with Crippen molar-refractivity contribution in [3.8, 4) is 5.75 Å². The number of aromatic nitrogens is 1. The van der Waals surface area contributed by atoms with Crippen molar-refractivity contribution in [2.24, 2.45) is 5.92 Å². The Labute approximate surface area is 202 Å². The molecular formula is C26H29NO8. The summed E-state index contributed by atoms with van der Waals surface area (Å²) >= 11 is 0. The summed E-state index contributed by atoms with van der Waals surface area (Å²) in [5.41, 5.74) is 2.95. The Morgan fingerprint density at radius 3 is 2.57 bits per heavy atom. The molecular weight excluding hydrogens is 454 g/mol. The molecule has 1 unspecified atom stereocenters. The van der Waals surface area contributed by atoms with Gasteiger partial charge in [0.1, 0.15) is 36.1 Å². The molecule has 3 aromatic rings. The monoisotopic (exact) mass is 483 g/mol. The Morgan fingerprint density at radius 2 is 1.83 bits per heavy atom. The van der Waals surface area contributed by atoms with Crippen molar-refractivity contribution in [2.45, 2.75) is 43.5 Å². The lowest BCUT2D eigenvalue weighted by Crippen LogP contribution is -2.60. The van der Waals surface area contributed by atoms with E-state index in [2.05, 4.69) is 17.1 Å². The van der Waals surface area contributed by atoms with Gasteiger partial charge in [0.2, 0.25) is 6.79 Å². The van der Waals surface area contributed by atoms with Gasteiger partial charge in [0.05, 0.1) is 6.61 Å². The Kier molecular flexibility index (Phi) is 6.94. The normalized spacial score (nSPS) is 27.2. The van der Waals surface area contributed by atoms with Crippen LogP contribution in [0.2, 0.25) is 0 Å². The van der Waals surface area contributed by atoms with Crippen LogP contribution in [0, 0.1) is 5.92 Å². The van der Waals surface area contributed by atoms with E-state index in [0.29, 0.717) is 12.2 Å². The minimum atomic E-state index is -1.59. The standard InChI is InChI=1S/C26H29NO8/c28-12-20-23(29)25(24(30)26(31)35-20)34-19-8-4-7-18-22(19)17(11-27-18)10-16(21-13-32-14-33-21)9-15-5-2-1-3-6-15/h1-8,11,13,16,20,23-31H,9-10,12,14H2/t16?,20-,23-,24-,25-,26+/m1/s1. The van der Waals surface area contributed by atoms with E-state index < -0.39 is 37.3 Å². The van der Waals surface area contributed by atoms with Crippen molar-refractivity contribution in [1.29, 1.82) is 0 Å². The zero-order valence-corrected chi connectivity index (χ0v) is 19.0. The fraction of sp³-hybridized carbons (Fsp3) is 0.385. The topological polar surface area (TPSA) is 134 Å². The first-order valence-electron chi connectivity index (χ1n) is 11.6. The highest BCUT2D eigenvalue weighted by molar-refractivity contribution is 5.89. The molecule has 3 heterocycles. The number of nitrogens with one attached hydrogen (secondary N) is 1. The van der Waals surface area contributed by atoms with E-state index in [9.17, 15) is 20.4 Å². The number of rotatable bonds is 8. The molecule has 5 rings (SSSR count). The fourth-order valence-corrected chi connectivity index (χ4v) is 4.74. The van der Waals surface area contributed by atoms with Crippen LogP contribution in [0.3, 0.4) is 0 Å².